The molecular formula is C21H23NO2S2. The minimum Gasteiger partial charge on any atom is -0.461 e. The van der Waals surface area contributed by atoms with Crippen molar-refractivity contribution in [1.29, 1.82) is 0 Å². The van der Waals surface area contributed by atoms with Crippen molar-refractivity contribution in [1.82, 2.24) is 0 Å². The molecule has 1 amide bonds. The van der Waals surface area contributed by atoms with Gasteiger partial charge >= 0.3 is 0 Å². The van der Waals surface area contributed by atoms with E-state index >= 15 is 0 Å². The van der Waals surface area contributed by atoms with E-state index in [2.05, 4.69) is 24.4 Å². The predicted molar refractivity (Wildman–Crippen MR) is 112 cm³/mol. The molecule has 2 aromatic rings. The third-order valence-electron chi connectivity index (χ3n) is 4.77. The SMILES string of the molecule is CC1CC1c1ccc(/C=C/C(=O)Nc2cccc(C3SCCCS3)c2)o1. The summed E-state index contributed by atoms with van der Waals surface area (Å²) in [6.07, 6.45) is 5.75. The summed E-state index contributed by atoms with van der Waals surface area (Å²) in [6, 6.07) is 12.1. The molecule has 2 aliphatic rings. The van der Waals surface area contributed by atoms with Crippen LogP contribution in [0.15, 0.2) is 46.9 Å². The molecule has 0 radical (unpaired) electrons. The standard InChI is InChI=1S/C21H23NO2S2/c1-14-12-18(14)19-8-6-17(24-19)7-9-20(23)22-16-5-2-4-15(13-16)21-25-10-3-11-26-21/h2,4-9,13-14,18,21H,3,10-12H2,1H3,(H,22,23)/b9-7+. The topological polar surface area (TPSA) is 42.2 Å². The van der Waals surface area contributed by atoms with Gasteiger partial charge in [0.2, 0.25) is 5.91 Å². The fourth-order valence-electron chi connectivity index (χ4n) is 3.16. The van der Waals surface area contributed by atoms with Crippen LogP contribution in [-0.4, -0.2) is 17.4 Å². The van der Waals surface area contributed by atoms with Crippen LogP contribution < -0.4 is 5.32 Å². The third kappa shape index (κ3) is 4.38. The molecule has 1 saturated heterocycles. The van der Waals surface area contributed by atoms with Gasteiger partial charge in [-0.2, -0.15) is 0 Å². The van der Waals surface area contributed by atoms with Crippen molar-refractivity contribution in [2.75, 3.05) is 16.8 Å². The number of rotatable bonds is 5. The minimum atomic E-state index is -0.135. The van der Waals surface area contributed by atoms with E-state index in [0.29, 0.717) is 16.4 Å². The summed E-state index contributed by atoms with van der Waals surface area (Å²) in [6.45, 7) is 2.23. The van der Waals surface area contributed by atoms with Crippen LogP contribution in [0.4, 0.5) is 5.69 Å². The Labute approximate surface area is 163 Å². The maximum Gasteiger partial charge on any atom is 0.248 e. The van der Waals surface area contributed by atoms with Gasteiger partial charge in [0.05, 0.1) is 4.58 Å². The van der Waals surface area contributed by atoms with E-state index < -0.39 is 0 Å². The van der Waals surface area contributed by atoms with Gasteiger partial charge in [0.25, 0.3) is 0 Å². The number of amides is 1. The monoisotopic (exact) mass is 385 g/mol. The van der Waals surface area contributed by atoms with Crippen LogP contribution in [-0.2, 0) is 4.79 Å². The summed E-state index contributed by atoms with van der Waals surface area (Å²) < 4.78 is 6.28. The quantitative estimate of drug-likeness (QED) is 0.648. The van der Waals surface area contributed by atoms with Gasteiger partial charge in [-0.15, -0.1) is 23.5 Å². The largest absolute Gasteiger partial charge is 0.461 e. The number of hydrogen-bond donors (Lipinski definition) is 1. The molecular weight excluding hydrogens is 362 g/mol. The van der Waals surface area contributed by atoms with E-state index in [-0.39, 0.29) is 5.91 Å². The van der Waals surface area contributed by atoms with Crippen LogP contribution in [0.25, 0.3) is 6.08 Å². The van der Waals surface area contributed by atoms with Gasteiger partial charge in [-0.3, -0.25) is 4.79 Å². The van der Waals surface area contributed by atoms with Gasteiger partial charge in [0.15, 0.2) is 0 Å². The third-order valence-corrected chi connectivity index (χ3v) is 7.79. The summed E-state index contributed by atoms with van der Waals surface area (Å²) in [5, 5.41) is 2.95. The summed E-state index contributed by atoms with van der Waals surface area (Å²) in [7, 11) is 0. The first-order valence-corrected chi connectivity index (χ1v) is 11.2. The Morgan fingerprint density at radius 2 is 2.04 bits per heavy atom. The number of anilines is 1. The van der Waals surface area contributed by atoms with Crippen LogP contribution >= 0.6 is 23.5 Å². The number of carbonyl (C=O) groups is 1. The highest BCUT2D eigenvalue weighted by Crippen LogP contribution is 2.47. The number of benzene rings is 1. The van der Waals surface area contributed by atoms with Gasteiger partial charge in [-0.05, 0) is 66.2 Å². The van der Waals surface area contributed by atoms with Crippen LogP contribution in [0.5, 0.6) is 0 Å². The maximum absolute atomic E-state index is 12.2. The Bertz CT molecular complexity index is 808. The molecule has 26 heavy (non-hydrogen) atoms. The number of nitrogens with one attached hydrogen (secondary N) is 1. The highest BCUT2D eigenvalue weighted by atomic mass is 32.2. The lowest BCUT2D eigenvalue weighted by atomic mass is 10.2. The van der Waals surface area contributed by atoms with Gasteiger partial charge in [-0.1, -0.05) is 19.1 Å². The highest BCUT2D eigenvalue weighted by Gasteiger charge is 2.36. The molecule has 136 valence electrons. The van der Waals surface area contributed by atoms with E-state index in [0.717, 1.165) is 17.2 Å². The molecule has 2 heterocycles. The lowest BCUT2D eigenvalue weighted by molar-refractivity contribution is -0.111. The smallest absolute Gasteiger partial charge is 0.248 e. The molecule has 1 aliphatic carbocycles. The van der Waals surface area contributed by atoms with Crippen LogP contribution in [0.3, 0.4) is 0 Å². The molecule has 1 aromatic heterocycles. The molecule has 1 saturated carbocycles. The summed E-state index contributed by atoms with van der Waals surface area (Å²) >= 11 is 3.97. The zero-order valence-corrected chi connectivity index (χ0v) is 16.4. The number of hydrogen-bond acceptors (Lipinski definition) is 4. The number of carbonyl (C=O) groups excluding carboxylic acids is 1. The Morgan fingerprint density at radius 1 is 1.23 bits per heavy atom. The second-order valence-corrected chi connectivity index (χ2v) is 9.66. The van der Waals surface area contributed by atoms with E-state index in [1.807, 2.05) is 47.8 Å². The van der Waals surface area contributed by atoms with Gasteiger partial charge < -0.3 is 9.73 Å². The average Bonchev–Trinajstić information content (AvgIpc) is 3.21. The van der Waals surface area contributed by atoms with Crippen LogP contribution in [0.1, 0.15) is 47.3 Å². The maximum atomic E-state index is 12.2. The van der Waals surface area contributed by atoms with Crippen LogP contribution in [0.2, 0.25) is 0 Å². The van der Waals surface area contributed by atoms with Crippen molar-refractivity contribution in [2.45, 2.75) is 30.3 Å². The second kappa shape index (κ2) is 7.97. The molecule has 3 nitrogen and oxygen atoms in total. The summed E-state index contributed by atoms with van der Waals surface area (Å²) in [4.78, 5) is 12.2. The Kier molecular flexibility index (Phi) is 5.46. The zero-order chi connectivity index (χ0) is 17.9. The number of thioether (sulfide) groups is 2. The number of furan rings is 1. The highest BCUT2D eigenvalue weighted by molar-refractivity contribution is 8.16. The lowest BCUT2D eigenvalue weighted by Crippen LogP contribution is -2.08. The average molecular weight is 386 g/mol. The van der Waals surface area contributed by atoms with Crippen molar-refractivity contribution in [3.63, 3.8) is 0 Å². The minimum absolute atomic E-state index is 0.135. The molecule has 0 spiro atoms. The Balaban J connectivity index is 1.36. The molecule has 0 bridgehead atoms. The lowest BCUT2D eigenvalue weighted by Gasteiger charge is -2.21. The van der Waals surface area contributed by atoms with Crippen molar-refractivity contribution in [3.05, 3.63) is 59.6 Å². The molecule has 1 aliphatic heterocycles. The van der Waals surface area contributed by atoms with Crippen molar-refractivity contribution in [2.24, 2.45) is 5.92 Å². The van der Waals surface area contributed by atoms with Gasteiger partial charge in [0, 0.05) is 17.7 Å². The summed E-state index contributed by atoms with van der Waals surface area (Å²) in [5.74, 6) is 5.33. The molecule has 2 fully saturated rings. The summed E-state index contributed by atoms with van der Waals surface area (Å²) in [5.41, 5.74) is 2.12. The molecule has 1 N–H and O–H groups in total. The van der Waals surface area contributed by atoms with Gasteiger partial charge in [-0.25, -0.2) is 0 Å². The fourth-order valence-corrected chi connectivity index (χ4v) is 6.03. The first-order chi connectivity index (χ1) is 12.7. The van der Waals surface area contributed by atoms with Crippen LogP contribution in [0, 0.1) is 5.92 Å². The van der Waals surface area contributed by atoms with Crippen molar-refractivity contribution >= 4 is 41.2 Å². The molecule has 5 heteroatoms. The van der Waals surface area contributed by atoms with E-state index in [4.69, 9.17) is 4.42 Å². The molecule has 1 aromatic carbocycles. The molecule has 2 atom stereocenters. The first kappa shape index (κ1) is 17.8. The molecule has 4 rings (SSSR count). The normalized spacial score (nSPS) is 23.3. The van der Waals surface area contributed by atoms with E-state index in [1.54, 1.807) is 6.08 Å². The molecule has 2 unspecified atom stereocenters. The Morgan fingerprint density at radius 3 is 2.81 bits per heavy atom. The Hall–Kier alpha value is -1.59. The first-order valence-electron chi connectivity index (χ1n) is 9.11. The van der Waals surface area contributed by atoms with E-state index in [1.165, 1.54) is 36.0 Å². The van der Waals surface area contributed by atoms with E-state index in [9.17, 15) is 4.79 Å². The second-order valence-electron chi connectivity index (χ2n) is 6.93. The predicted octanol–water partition coefficient (Wildman–Crippen LogP) is 5.92. The van der Waals surface area contributed by atoms with Crippen molar-refractivity contribution < 1.29 is 9.21 Å². The van der Waals surface area contributed by atoms with Gasteiger partial charge in [0.1, 0.15) is 11.5 Å². The zero-order valence-electron chi connectivity index (χ0n) is 14.8. The fraction of sp³-hybridized carbons (Fsp3) is 0.381. The van der Waals surface area contributed by atoms with Crippen molar-refractivity contribution in [3.8, 4) is 0 Å².